The van der Waals surface area contributed by atoms with Crippen LogP contribution in [0.1, 0.15) is 44.6 Å². The maximum Gasteiger partial charge on any atom is 0.274 e. The summed E-state index contributed by atoms with van der Waals surface area (Å²) in [4.78, 5) is 27.8. The molecule has 1 aliphatic heterocycles. The molecule has 0 radical (unpaired) electrons. The number of carbonyl (C=O) groups excluding carboxylic acids is 1. The number of hydrogen-bond acceptors (Lipinski definition) is 4. The van der Waals surface area contributed by atoms with Gasteiger partial charge in [-0.05, 0) is 38.2 Å². The molecule has 0 saturated carbocycles. The first-order valence-electron chi connectivity index (χ1n) is 9.92. The Hall–Kier alpha value is -2.21. The summed E-state index contributed by atoms with van der Waals surface area (Å²) >= 11 is 0. The summed E-state index contributed by atoms with van der Waals surface area (Å²) in [7, 11) is 0. The second kappa shape index (κ2) is 8.21. The van der Waals surface area contributed by atoms with Gasteiger partial charge in [0.25, 0.3) is 11.5 Å². The summed E-state index contributed by atoms with van der Waals surface area (Å²) in [5.41, 5.74) is 0.160. The van der Waals surface area contributed by atoms with Gasteiger partial charge < -0.3 is 10.2 Å². The minimum Gasteiger partial charge on any atom is -0.347 e. The van der Waals surface area contributed by atoms with Crippen LogP contribution in [-0.4, -0.2) is 46.3 Å². The molecule has 1 amide bonds. The normalized spacial score (nSPS) is 21.9. The second-order valence-electron chi connectivity index (χ2n) is 8.05. The first-order chi connectivity index (χ1) is 12.9. The zero-order valence-electron chi connectivity index (χ0n) is 16.7. The van der Waals surface area contributed by atoms with Gasteiger partial charge in [0.1, 0.15) is 0 Å². The predicted molar refractivity (Wildman–Crippen MR) is 108 cm³/mol. The number of aryl methyl sites for hydroxylation is 1. The minimum atomic E-state index is -0.223. The van der Waals surface area contributed by atoms with Crippen molar-refractivity contribution in [3.8, 4) is 0 Å². The van der Waals surface area contributed by atoms with E-state index >= 15 is 0 Å². The van der Waals surface area contributed by atoms with Crippen molar-refractivity contribution in [2.45, 2.75) is 46.7 Å². The quantitative estimate of drug-likeness (QED) is 0.878. The maximum atomic E-state index is 12.9. The number of fused-ring (bicyclic) bond motifs is 1. The number of hydrogen-bond donors (Lipinski definition) is 1. The fraction of sp³-hybridized carbons (Fsp3) is 0.571. The van der Waals surface area contributed by atoms with Crippen molar-refractivity contribution in [2.24, 2.45) is 11.8 Å². The Labute approximate surface area is 160 Å². The van der Waals surface area contributed by atoms with Gasteiger partial charge in [-0.2, -0.15) is 5.10 Å². The summed E-state index contributed by atoms with van der Waals surface area (Å²) in [6.07, 6.45) is 1.27. The first kappa shape index (κ1) is 19.5. The highest BCUT2D eigenvalue weighted by atomic mass is 16.2. The summed E-state index contributed by atoms with van der Waals surface area (Å²) in [5, 5.41) is 8.54. The molecule has 146 valence electrons. The van der Waals surface area contributed by atoms with Crippen LogP contribution in [-0.2, 0) is 6.54 Å². The lowest BCUT2D eigenvalue weighted by Gasteiger charge is -2.36. The van der Waals surface area contributed by atoms with Crippen molar-refractivity contribution in [1.29, 1.82) is 0 Å². The van der Waals surface area contributed by atoms with Gasteiger partial charge in [0.2, 0.25) is 0 Å². The molecule has 6 nitrogen and oxygen atoms in total. The monoisotopic (exact) mass is 370 g/mol. The van der Waals surface area contributed by atoms with E-state index in [4.69, 9.17) is 0 Å². The molecule has 0 bridgehead atoms. The first-order valence-corrected chi connectivity index (χ1v) is 9.92. The van der Waals surface area contributed by atoms with E-state index in [9.17, 15) is 9.59 Å². The van der Waals surface area contributed by atoms with Crippen LogP contribution in [0.15, 0.2) is 29.1 Å². The Morgan fingerprint density at radius 1 is 1.22 bits per heavy atom. The van der Waals surface area contributed by atoms with Gasteiger partial charge in [0.15, 0.2) is 5.69 Å². The van der Waals surface area contributed by atoms with Gasteiger partial charge in [0, 0.05) is 37.6 Å². The molecule has 6 heteroatoms. The van der Waals surface area contributed by atoms with E-state index in [0.717, 1.165) is 19.6 Å². The standard InChI is InChI=1S/C21H30N4O2/c1-5-25-21(27)18-9-7-6-8-17(18)19(23-25)20(26)22-16(4)13-24-11-14(2)10-15(3)12-24/h6-9,14-16H,5,10-13H2,1-4H3,(H,22,26). The predicted octanol–water partition coefficient (Wildman–Crippen LogP) is 2.51. The van der Waals surface area contributed by atoms with Crippen LogP contribution in [0.25, 0.3) is 10.8 Å². The third kappa shape index (κ3) is 4.38. The van der Waals surface area contributed by atoms with Gasteiger partial charge in [0.05, 0.1) is 5.39 Å². The molecule has 27 heavy (non-hydrogen) atoms. The Morgan fingerprint density at radius 2 is 1.85 bits per heavy atom. The van der Waals surface area contributed by atoms with Crippen molar-refractivity contribution < 1.29 is 4.79 Å². The summed E-state index contributed by atoms with van der Waals surface area (Å²) < 4.78 is 1.36. The molecule has 0 spiro atoms. The lowest BCUT2D eigenvalue weighted by Crippen LogP contribution is -2.47. The number of nitrogens with zero attached hydrogens (tertiary/aromatic N) is 3. The third-order valence-corrected chi connectivity index (χ3v) is 5.24. The van der Waals surface area contributed by atoms with Crippen LogP contribution in [0, 0.1) is 11.8 Å². The molecule has 1 aliphatic rings. The largest absolute Gasteiger partial charge is 0.347 e. The molecule has 2 heterocycles. The van der Waals surface area contributed by atoms with E-state index in [1.54, 1.807) is 12.1 Å². The van der Waals surface area contributed by atoms with E-state index < -0.39 is 0 Å². The highest BCUT2D eigenvalue weighted by molar-refractivity contribution is 6.04. The number of benzene rings is 1. The molecule has 1 N–H and O–H groups in total. The number of aromatic nitrogens is 2. The minimum absolute atomic E-state index is 0.0116. The molecule has 3 rings (SSSR count). The molecule has 0 aliphatic carbocycles. The van der Waals surface area contributed by atoms with Crippen molar-refractivity contribution in [1.82, 2.24) is 20.0 Å². The zero-order valence-corrected chi connectivity index (χ0v) is 16.7. The Morgan fingerprint density at radius 3 is 2.48 bits per heavy atom. The van der Waals surface area contributed by atoms with Crippen LogP contribution in [0.4, 0.5) is 0 Å². The highest BCUT2D eigenvalue weighted by Crippen LogP contribution is 2.21. The molecule has 1 fully saturated rings. The van der Waals surface area contributed by atoms with Crippen LogP contribution < -0.4 is 10.9 Å². The number of piperidine rings is 1. The Kier molecular flexibility index (Phi) is 5.95. The number of amides is 1. The number of nitrogens with one attached hydrogen (secondary N) is 1. The molecule has 3 unspecified atom stereocenters. The van der Waals surface area contributed by atoms with Crippen molar-refractivity contribution in [2.75, 3.05) is 19.6 Å². The molecule has 1 saturated heterocycles. The molecule has 1 aromatic heterocycles. The smallest absolute Gasteiger partial charge is 0.274 e. The van der Waals surface area contributed by atoms with Crippen molar-refractivity contribution in [3.05, 3.63) is 40.3 Å². The number of carbonyl (C=O) groups is 1. The zero-order chi connectivity index (χ0) is 19.6. The summed E-state index contributed by atoms with van der Waals surface area (Å²) in [5.74, 6) is 1.16. The third-order valence-electron chi connectivity index (χ3n) is 5.24. The van der Waals surface area contributed by atoms with Gasteiger partial charge in [-0.3, -0.25) is 9.59 Å². The lowest BCUT2D eigenvalue weighted by molar-refractivity contribution is 0.0899. The van der Waals surface area contributed by atoms with Crippen molar-refractivity contribution >= 4 is 16.7 Å². The number of likely N-dealkylation sites (tertiary alicyclic amines) is 1. The van der Waals surface area contributed by atoms with E-state index in [0.29, 0.717) is 34.8 Å². The van der Waals surface area contributed by atoms with Gasteiger partial charge in [-0.25, -0.2) is 4.68 Å². The lowest BCUT2D eigenvalue weighted by atomic mass is 9.92. The van der Waals surface area contributed by atoms with Crippen LogP contribution in [0.3, 0.4) is 0 Å². The average Bonchev–Trinajstić information content (AvgIpc) is 2.61. The van der Waals surface area contributed by atoms with Crippen LogP contribution in [0.5, 0.6) is 0 Å². The maximum absolute atomic E-state index is 12.9. The van der Waals surface area contributed by atoms with E-state index in [-0.39, 0.29) is 17.5 Å². The van der Waals surface area contributed by atoms with Crippen molar-refractivity contribution in [3.63, 3.8) is 0 Å². The number of rotatable bonds is 5. The molecule has 3 atom stereocenters. The van der Waals surface area contributed by atoms with Gasteiger partial charge >= 0.3 is 0 Å². The van der Waals surface area contributed by atoms with Gasteiger partial charge in [-0.1, -0.05) is 32.0 Å². The Balaban J connectivity index is 1.78. The van der Waals surface area contributed by atoms with E-state index in [1.807, 2.05) is 26.0 Å². The fourth-order valence-corrected chi connectivity index (χ4v) is 4.28. The highest BCUT2D eigenvalue weighted by Gasteiger charge is 2.24. The van der Waals surface area contributed by atoms with Crippen LogP contribution >= 0.6 is 0 Å². The van der Waals surface area contributed by atoms with Gasteiger partial charge in [-0.15, -0.1) is 0 Å². The topological polar surface area (TPSA) is 67.2 Å². The van der Waals surface area contributed by atoms with Crippen LogP contribution in [0.2, 0.25) is 0 Å². The summed E-state index contributed by atoms with van der Waals surface area (Å²) in [6, 6.07) is 7.19. The SMILES string of the molecule is CCn1nc(C(=O)NC(C)CN2CC(C)CC(C)C2)c2ccccc2c1=O. The molecule has 1 aromatic carbocycles. The van der Waals surface area contributed by atoms with E-state index in [1.165, 1.54) is 11.1 Å². The van der Waals surface area contributed by atoms with E-state index in [2.05, 4.69) is 29.2 Å². The average molecular weight is 370 g/mol. The second-order valence-corrected chi connectivity index (χ2v) is 8.05. The molecule has 2 aromatic rings. The summed E-state index contributed by atoms with van der Waals surface area (Å²) in [6.45, 7) is 11.9. The molecular formula is C21H30N4O2. The molecular weight excluding hydrogens is 340 g/mol. The Bertz CT molecular complexity index is 866. The fourth-order valence-electron chi connectivity index (χ4n) is 4.28.